The van der Waals surface area contributed by atoms with E-state index in [-0.39, 0.29) is 11.9 Å². The zero-order valence-corrected chi connectivity index (χ0v) is 10.1. The number of nitrogens with two attached hydrogens (primary N) is 3. The smallest absolute Gasteiger partial charge is 0.370 e. The van der Waals surface area contributed by atoms with E-state index in [1.54, 1.807) is 6.92 Å². The Morgan fingerprint density at radius 3 is 2.05 bits per heavy atom. The van der Waals surface area contributed by atoms with Crippen LogP contribution in [0, 0.1) is 0 Å². The van der Waals surface area contributed by atoms with E-state index in [2.05, 4.69) is 9.98 Å². The largest absolute Gasteiger partial charge is 0.416 e. The van der Waals surface area contributed by atoms with Crippen LogP contribution in [0.3, 0.4) is 0 Å². The molecule has 1 aromatic rings. The molecule has 0 aromatic heterocycles. The Bertz CT molecular complexity index is 486. The van der Waals surface area contributed by atoms with Crippen molar-refractivity contribution < 1.29 is 13.2 Å². The number of nitrogens with zero attached hydrogens (tertiary/aromatic N) is 2. The first-order valence-electron chi connectivity index (χ1n) is 5.30. The molecular formula is C11H14F3N5. The van der Waals surface area contributed by atoms with Gasteiger partial charge in [0, 0.05) is 0 Å². The van der Waals surface area contributed by atoms with Crippen LogP contribution in [0.15, 0.2) is 34.3 Å². The van der Waals surface area contributed by atoms with Crippen molar-refractivity contribution in [3.05, 3.63) is 35.4 Å². The lowest BCUT2D eigenvalue weighted by Crippen LogP contribution is -2.26. The van der Waals surface area contributed by atoms with Gasteiger partial charge in [-0.2, -0.15) is 18.2 Å². The molecule has 19 heavy (non-hydrogen) atoms. The minimum absolute atomic E-state index is 0.132. The van der Waals surface area contributed by atoms with Gasteiger partial charge in [-0.05, 0) is 24.6 Å². The summed E-state index contributed by atoms with van der Waals surface area (Å²) in [6.07, 6.45) is -4.36. The predicted octanol–water partition coefficient (Wildman–Crippen LogP) is 1.35. The normalized spacial score (nSPS) is 14.0. The number of benzene rings is 1. The van der Waals surface area contributed by atoms with Gasteiger partial charge in [0.1, 0.15) is 0 Å². The molecule has 0 amide bonds. The molecule has 0 saturated carbocycles. The van der Waals surface area contributed by atoms with E-state index < -0.39 is 17.8 Å². The number of rotatable bonds is 2. The third-order valence-corrected chi connectivity index (χ3v) is 2.29. The number of guanidine groups is 2. The van der Waals surface area contributed by atoms with Crippen molar-refractivity contribution in [2.24, 2.45) is 27.2 Å². The summed E-state index contributed by atoms with van der Waals surface area (Å²) in [4.78, 5) is 7.46. The Labute approximate surface area is 108 Å². The van der Waals surface area contributed by atoms with E-state index in [9.17, 15) is 13.2 Å². The number of aliphatic imine (C=N–C) groups is 2. The molecule has 0 heterocycles. The summed E-state index contributed by atoms with van der Waals surface area (Å²) in [5.41, 5.74) is 15.5. The highest BCUT2D eigenvalue weighted by Gasteiger charge is 2.30. The number of hydrogen-bond acceptors (Lipinski definition) is 1. The molecule has 1 aromatic carbocycles. The molecule has 0 bridgehead atoms. The van der Waals surface area contributed by atoms with Crippen LogP contribution < -0.4 is 17.2 Å². The number of hydrogen-bond donors (Lipinski definition) is 3. The zero-order chi connectivity index (χ0) is 14.6. The summed E-state index contributed by atoms with van der Waals surface area (Å²) in [5, 5.41) is 0. The Morgan fingerprint density at radius 2 is 1.63 bits per heavy atom. The SMILES string of the molecule is CC(N=C(N)N=C(N)N)c1ccc(C(F)(F)F)cc1. The second-order valence-electron chi connectivity index (χ2n) is 3.82. The second kappa shape index (κ2) is 5.59. The minimum atomic E-state index is -4.36. The lowest BCUT2D eigenvalue weighted by atomic mass is 10.1. The average molecular weight is 273 g/mol. The van der Waals surface area contributed by atoms with Gasteiger partial charge in [0.25, 0.3) is 0 Å². The molecule has 0 radical (unpaired) electrons. The molecular weight excluding hydrogens is 259 g/mol. The Kier molecular flexibility index (Phi) is 4.36. The van der Waals surface area contributed by atoms with Gasteiger partial charge >= 0.3 is 6.18 Å². The monoisotopic (exact) mass is 273 g/mol. The second-order valence-corrected chi connectivity index (χ2v) is 3.82. The average Bonchev–Trinajstić information content (AvgIpc) is 2.26. The number of alkyl halides is 3. The molecule has 0 aliphatic carbocycles. The van der Waals surface area contributed by atoms with E-state index >= 15 is 0 Å². The first kappa shape index (κ1) is 14.8. The summed E-state index contributed by atoms with van der Waals surface area (Å²) < 4.78 is 37.1. The van der Waals surface area contributed by atoms with Crippen molar-refractivity contribution in [2.75, 3.05) is 0 Å². The standard InChI is InChI=1S/C11H14F3N5/c1-6(18-10(17)19-9(15)16)7-2-4-8(5-3-7)11(12,13)14/h2-6H,1H3,(H6,15,16,17,18,19). The highest BCUT2D eigenvalue weighted by atomic mass is 19.4. The zero-order valence-electron chi connectivity index (χ0n) is 10.1. The molecule has 8 heteroatoms. The fraction of sp³-hybridized carbons (Fsp3) is 0.273. The molecule has 0 fully saturated rings. The quantitative estimate of drug-likeness (QED) is 0.559. The maximum Gasteiger partial charge on any atom is 0.416 e. The third-order valence-electron chi connectivity index (χ3n) is 2.29. The molecule has 5 nitrogen and oxygen atoms in total. The van der Waals surface area contributed by atoms with Gasteiger partial charge in [-0.1, -0.05) is 12.1 Å². The lowest BCUT2D eigenvalue weighted by Gasteiger charge is -2.10. The summed E-state index contributed by atoms with van der Waals surface area (Å²) in [7, 11) is 0. The molecule has 1 rings (SSSR count). The van der Waals surface area contributed by atoms with Crippen LogP contribution in [0.2, 0.25) is 0 Å². The van der Waals surface area contributed by atoms with Crippen molar-refractivity contribution in [3.63, 3.8) is 0 Å². The molecule has 0 saturated heterocycles. The van der Waals surface area contributed by atoms with Crippen molar-refractivity contribution in [1.29, 1.82) is 0 Å². The summed E-state index contributed by atoms with van der Waals surface area (Å²) in [6, 6.07) is 4.18. The lowest BCUT2D eigenvalue weighted by molar-refractivity contribution is -0.137. The van der Waals surface area contributed by atoms with Gasteiger partial charge in [0.2, 0.25) is 5.96 Å². The third kappa shape index (κ3) is 4.49. The van der Waals surface area contributed by atoms with Gasteiger partial charge in [-0.15, -0.1) is 0 Å². The Hall–Kier alpha value is -2.25. The highest BCUT2D eigenvalue weighted by Crippen LogP contribution is 2.30. The minimum Gasteiger partial charge on any atom is -0.370 e. The van der Waals surface area contributed by atoms with Crippen LogP contribution in [0.4, 0.5) is 13.2 Å². The van der Waals surface area contributed by atoms with E-state index in [0.717, 1.165) is 12.1 Å². The van der Waals surface area contributed by atoms with Crippen LogP contribution >= 0.6 is 0 Å². The van der Waals surface area contributed by atoms with Crippen LogP contribution in [-0.4, -0.2) is 11.9 Å². The van der Waals surface area contributed by atoms with Crippen LogP contribution in [-0.2, 0) is 6.18 Å². The van der Waals surface area contributed by atoms with Crippen LogP contribution in [0.25, 0.3) is 0 Å². The van der Waals surface area contributed by atoms with E-state index in [1.807, 2.05) is 0 Å². The molecule has 1 atom stereocenters. The highest BCUT2D eigenvalue weighted by molar-refractivity contribution is 5.92. The van der Waals surface area contributed by atoms with E-state index in [0.29, 0.717) is 5.56 Å². The van der Waals surface area contributed by atoms with E-state index in [4.69, 9.17) is 17.2 Å². The molecule has 6 N–H and O–H groups in total. The van der Waals surface area contributed by atoms with Gasteiger partial charge in [-0.25, -0.2) is 4.99 Å². The molecule has 104 valence electrons. The van der Waals surface area contributed by atoms with E-state index in [1.165, 1.54) is 12.1 Å². The first-order chi connectivity index (χ1) is 8.70. The van der Waals surface area contributed by atoms with Crippen molar-refractivity contribution >= 4 is 11.9 Å². The Balaban J connectivity index is 2.90. The molecule has 0 spiro atoms. The number of halogens is 3. The van der Waals surface area contributed by atoms with Gasteiger partial charge in [0.05, 0.1) is 11.6 Å². The topological polar surface area (TPSA) is 103 Å². The fourth-order valence-electron chi connectivity index (χ4n) is 1.38. The Morgan fingerprint density at radius 1 is 1.11 bits per heavy atom. The molecule has 0 aliphatic heterocycles. The van der Waals surface area contributed by atoms with Crippen molar-refractivity contribution in [3.8, 4) is 0 Å². The van der Waals surface area contributed by atoms with Gasteiger partial charge in [-0.3, -0.25) is 0 Å². The van der Waals surface area contributed by atoms with Gasteiger partial charge < -0.3 is 17.2 Å². The van der Waals surface area contributed by atoms with Crippen molar-refractivity contribution in [1.82, 2.24) is 0 Å². The first-order valence-corrected chi connectivity index (χ1v) is 5.30. The predicted molar refractivity (Wildman–Crippen MR) is 67.3 cm³/mol. The summed E-state index contributed by atoms with van der Waals surface area (Å²) >= 11 is 0. The van der Waals surface area contributed by atoms with Crippen molar-refractivity contribution in [2.45, 2.75) is 19.1 Å². The molecule has 1 unspecified atom stereocenters. The molecule has 0 aliphatic rings. The fourth-order valence-corrected chi connectivity index (χ4v) is 1.38. The maximum absolute atomic E-state index is 12.4. The summed E-state index contributed by atoms with van der Waals surface area (Å²) in [5.74, 6) is -0.367. The summed E-state index contributed by atoms with van der Waals surface area (Å²) in [6.45, 7) is 1.66. The van der Waals surface area contributed by atoms with Crippen LogP contribution in [0.5, 0.6) is 0 Å². The van der Waals surface area contributed by atoms with Crippen LogP contribution in [0.1, 0.15) is 24.1 Å². The van der Waals surface area contributed by atoms with Gasteiger partial charge in [0.15, 0.2) is 5.96 Å². The maximum atomic E-state index is 12.4.